The third kappa shape index (κ3) is 2.41. The van der Waals surface area contributed by atoms with Crippen LogP contribution in [-0.2, 0) is 6.67 Å². The van der Waals surface area contributed by atoms with Gasteiger partial charge >= 0.3 is 0 Å². The molecule has 0 aliphatic carbocycles. The van der Waals surface area contributed by atoms with Gasteiger partial charge in [-0.3, -0.25) is 9.69 Å². The first kappa shape index (κ1) is 12.4. The summed E-state index contributed by atoms with van der Waals surface area (Å²) in [7, 11) is 2.16. The molecule has 1 aromatic heterocycles. The second-order valence-electron chi connectivity index (χ2n) is 5.25. The molecule has 0 unspecified atom stereocenters. The smallest absolute Gasteiger partial charge is 0.152 e. The summed E-state index contributed by atoms with van der Waals surface area (Å²) >= 11 is 0. The molecule has 2 aromatic rings. The number of hydrogen-bond donors (Lipinski definition) is 0. The largest absolute Gasteiger partial charge is 0.333 e. The fourth-order valence-corrected chi connectivity index (χ4v) is 2.69. The number of fused-ring (bicyclic) bond motifs is 1. The first-order valence-electron chi connectivity index (χ1n) is 6.72. The van der Waals surface area contributed by atoms with Gasteiger partial charge in [0.2, 0.25) is 0 Å². The Morgan fingerprint density at radius 2 is 1.89 bits per heavy atom. The molecule has 4 heteroatoms. The van der Waals surface area contributed by atoms with Gasteiger partial charge in [-0.25, -0.2) is 0 Å². The summed E-state index contributed by atoms with van der Waals surface area (Å²) < 4.78 is 2.18. The van der Waals surface area contributed by atoms with E-state index in [4.69, 9.17) is 0 Å². The summed E-state index contributed by atoms with van der Waals surface area (Å²) in [5.41, 5.74) is 1.92. The number of aromatic nitrogens is 1. The number of carbonyl (C=O) groups excluding carboxylic acids is 1. The normalized spacial score (nSPS) is 17.9. The molecule has 1 fully saturated rings. The van der Waals surface area contributed by atoms with Crippen molar-refractivity contribution in [3.63, 3.8) is 0 Å². The van der Waals surface area contributed by atoms with E-state index in [9.17, 15) is 4.79 Å². The minimum atomic E-state index is 0.782. The SMILES string of the molecule is CN1CCN(Cn2cc(C=O)c3ccccc32)CC1. The minimum absolute atomic E-state index is 0.782. The first-order valence-corrected chi connectivity index (χ1v) is 6.72. The second kappa shape index (κ2) is 5.15. The predicted molar refractivity (Wildman–Crippen MR) is 76.4 cm³/mol. The average Bonchev–Trinajstić information content (AvgIpc) is 2.80. The molecule has 0 amide bonds. The molecule has 1 aromatic carbocycles. The maximum absolute atomic E-state index is 11.1. The van der Waals surface area contributed by atoms with Crippen molar-refractivity contribution in [2.24, 2.45) is 0 Å². The van der Waals surface area contributed by atoms with E-state index in [1.807, 2.05) is 24.4 Å². The number of piperazine rings is 1. The van der Waals surface area contributed by atoms with Crippen molar-refractivity contribution in [2.45, 2.75) is 6.67 Å². The fraction of sp³-hybridized carbons (Fsp3) is 0.400. The number of benzene rings is 1. The van der Waals surface area contributed by atoms with Crippen LogP contribution >= 0.6 is 0 Å². The van der Waals surface area contributed by atoms with Crippen molar-refractivity contribution in [1.29, 1.82) is 0 Å². The van der Waals surface area contributed by atoms with Crippen LogP contribution in [0, 0.1) is 0 Å². The van der Waals surface area contributed by atoms with E-state index in [0.717, 1.165) is 55.6 Å². The Bertz CT molecular complexity index is 582. The van der Waals surface area contributed by atoms with Gasteiger partial charge in [0, 0.05) is 48.8 Å². The Morgan fingerprint density at radius 3 is 2.63 bits per heavy atom. The third-order valence-corrected chi connectivity index (χ3v) is 3.89. The molecular weight excluding hydrogens is 238 g/mol. The van der Waals surface area contributed by atoms with Crippen LogP contribution in [0.25, 0.3) is 10.9 Å². The van der Waals surface area contributed by atoms with E-state index in [1.165, 1.54) is 0 Å². The molecule has 1 aliphatic rings. The fourth-order valence-electron chi connectivity index (χ4n) is 2.69. The minimum Gasteiger partial charge on any atom is -0.333 e. The predicted octanol–water partition coefficient (Wildman–Crippen LogP) is 1.66. The van der Waals surface area contributed by atoms with Crippen molar-refractivity contribution < 1.29 is 4.79 Å². The molecule has 0 saturated carbocycles. The van der Waals surface area contributed by atoms with E-state index >= 15 is 0 Å². The molecule has 1 saturated heterocycles. The highest BCUT2D eigenvalue weighted by Gasteiger charge is 2.15. The third-order valence-electron chi connectivity index (χ3n) is 3.89. The lowest BCUT2D eigenvalue weighted by atomic mass is 10.2. The van der Waals surface area contributed by atoms with Crippen LogP contribution in [-0.4, -0.2) is 53.9 Å². The number of para-hydroxylation sites is 1. The maximum atomic E-state index is 11.1. The molecule has 3 rings (SSSR count). The summed E-state index contributed by atoms with van der Waals surface area (Å²) in [6.07, 6.45) is 2.92. The lowest BCUT2D eigenvalue weighted by Gasteiger charge is -2.32. The van der Waals surface area contributed by atoms with Crippen LogP contribution in [0.2, 0.25) is 0 Å². The lowest BCUT2D eigenvalue weighted by molar-refractivity contribution is 0.112. The van der Waals surface area contributed by atoms with Crippen LogP contribution in [0.3, 0.4) is 0 Å². The molecule has 0 radical (unpaired) electrons. The Kier molecular flexibility index (Phi) is 3.36. The van der Waals surface area contributed by atoms with Crippen molar-refractivity contribution in [2.75, 3.05) is 33.2 Å². The van der Waals surface area contributed by atoms with Gasteiger partial charge in [0.1, 0.15) is 0 Å². The molecule has 2 heterocycles. The van der Waals surface area contributed by atoms with Crippen LogP contribution < -0.4 is 0 Å². The highest BCUT2D eigenvalue weighted by Crippen LogP contribution is 2.20. The Labute approximate surface area is 113 Å². The highest BCUT2D eigenvalue weighted by molar-refractivity contribution is 5.97. The summed E-state index contributed by atoms with van der Waals surface area (Å²) in [6.45, 7) is 5.25. The van der Waals surface area contributed by atoms with Gasteiger partial charge < -0.3 is 9.47 Å². The number of likely N-dealkylation sites (N-methyl/N-ethyl adjacent to an activating group) is 1. The molecule has 1 aliphatic heterocycles. The van der Waals surface area contributed by atoms with Gasteiger partial charge in [-0.05, 0) is 13.1 Å². The van der Waals surface area contributed by atoms with Crippen LogP contribution in [0.5, 0.6) is 0 Å². The van der Waals surface area contributed by atoms with E-state index in [1.54, 1.807) is 0 Å². The molecule has 0 N–H and O–H groups in total. The summed E-state index contributed by atoms with van der Waals surface area (Å²) in [5.74, 6) is 0. The van der Waals surface area contributed by atoms with Gasteiger partial charge in [0.25, 0.3) is 0 Å². The van der Waals surface area contributed by atoms with Gasteiger partial charge in [-0.15, -0.1) is 0 Å². The summed E-state index contributed by atoms with van der Waals surface area (Å²) in [6, 6.07) is 8.10. The molecule has 0 atom stereocenters. The number of hydrogen-bond acceptors (Lipinski definition) is 3. The van der Waals surface area contributed by atoms with Crippen LogP contribution in [0.1, 0.15) is 10.4 Å². The molecule has 100 valence electrons. The Hall–Kier alpha value is -1.65. The Balaban J connectivity index is 1.86. The number of nitrogens with zero attached hydrogens (tertiary/aromatic N) is 3. The van der Waals surface area contributed by atoms with E-state index < -0.39 is 0 Å². The number of aldehydes is 1. The maximum Gasteiger partial charge on any atom is 0.152 e. The molecule has 0 spiro atoms. The molecular formula is C15H19N3O. The lowest BCUT2D eigenvalue weighted by Crippen LogP contribution is -2.44. The van der Waals surface area contributed by atoms with E-state index in [2.05, 4.69) is 27.5 Å². The summed E-state index contributed by atoms with van der Waals surface area (Å²) in [5, 5.41) is 1.05. The standard InChI is InChI=1S/C15H19N3O/c1-16-6-8-17(9-7-16)12-18-10-13(11-19)14-4-2-3-5-15(14)18/h2-5,10-11H,6-9,12H2,1H3. The zero-order chi connectivity index (χ0) is 13.2. The molecule has 0 bridgehead atoms. The number of carbonyl (C=O) groups is 1. The zero-order valence-corrected chi connectivity index (χ0v) is 11.2. The highest BCUT2D eigenvalue weighted by atomic mass is 16.1. The van der Waals surface area contributed by atoms with Crippen LogP contribution in [0.4, 0.5) is 0 Å². The van der Waals surface area contributed by atoms with Crippen LogP contribution in [0.15, 0.2) is 30.5 Å². The van der Waals surface area contributed by atoms with Gasteiger partial charge in [0.05, 0.1) is 6.67 Å². The monoisotopic (exact) mass is 257 g/mol. The van der Waals surface area contributed by atoms with Gasteiger partial charge in [-0.2, -0.15) is 0 Å². The Morgan fingerprint density at radius 1 is 1.16 bits per heavy atom. The molecule has 19 heavy (non-hydrogen) atoms. The average molecular weight is 257 g/mol. The van der Waals surface area contributed by atoms with Gasteiger partial charge in [-0.1, -0.05) is 18.2 Å². The van der Waals surface area contributed by atoms with Crippen molar-refractivity contribution in [3.8, 4) is 0 Å². The van der Waals surface area contributed by atoms with E-state index in [-0.39, 0.29) is 0 Å². The molecule has 4 nitrogen and oxygen atoms in total. The topological polar surface area (TPSA) is 28.5 Å². The van der Waals surface area contributed by atoms with Crippen molar-refractivity contribution in [3.05, 3.63) is 36.0 Å². The quantitative estimate of drug-likeness (QED) is 0.783. The first-order chi connectivity index (χ1) is 9.28. The summed E-state index contributed by atoms with van der Waals surface area (Å²) in [4.78, 5) is 15.9. The second-order valence-corrected chi connectivity index (χ2v) is 5.25. The van der Waals surface area contributed by atoms with Crippen molar-refractivity contribution in [1.82, 2.24) is 14.4 Å². The van der Waals surface area contributed by atoms with Crippen molar-refractivity contribution >= 4 is 17.2 Å². The van der Waals surface area contributed by atoms with Gasteiger partial charge in [0.15, 0.2) is 6.29 Å². The number of rotatable bonds is 3. The zero-order valence-electron chi connectivity index (χ0n) is 11.2. The van der Waals surface area contributed by atoms with E-state index in [0.29, 0.717) is 0 Å².